The highest BCUT2D eigenvalue weighted by Crippen LogP contribution is 2.27. The molecule has 1 N–H and O–H groups in total. The van der Waals surface area contributed by atoms with Crippen LogP contribution in [0.15, 0.2) is 24.4 Å². The number of phenols is 1. The lowest BCUT2D eigenvalue weighted by Crippen LogP contribution is -2.38. The van der Waals surface area contributed by atoms with Gasteiger partial charge in [-0.15, -0.1) is 5.10 Å². The summed E-state index contributed by atoms with van der Waals surface area (Å²) in [5, 5.41) is 17.9. The van der Waals surface area contributed by atoms with Gasteiger partial charge in [0, 0.05) is 37.2 Å². The summed E-state index contributed by atoms with van der Waals surface area (Å²) in [6.45, 7) is 5.16. The summed E-state index contributed by atoms with van der Waals surface area (Å²) >= 11 is 1.87. The third kappa shape index (κ3) is 5.63. The molecule has 1 aliphatic rings. The molecule has 1 fully saturated rings. The fraction of sp³-hybridized carbons (Fsp3) is 0.550. The van der Waals surface area contributed by atoms with E-state index in [0.29, 0.717) is 24.0 Å². The van der Waals surface area contributed by atoms with Crippen molar-refractivity contribution >= 4 is 17.7 Å². The van der Waals surface area contributed by atoms with Gasteiger partial charge in [0.25, 0.3) is 5.91 Å². The highest BCUT2D eigenvalue weighted by Gasteiger charge is 2.21. The van der Waals surface area contributed by atoms with Crippen molar-refractivity contribution in [1.82, 2.24) is 24.8 Å². The Morgan fingerprint density at radius 2 is 2.14 bits per heavy atom. The normalized spacial score (nSPS) is 15.5. The van der Waals surface area contributed by atoms with E-state index in [-0.39, 0.29) is 11.7 Å². The van der Waals surface area contributed by atoms with Gasteiger partial charge < -0.3 is 19.6 Å². The smallest absolute Gasteiger partial charge is 0.276 e. The van der Waals surface area contributed by atoms with E-state index in [4.69, 9.17) is 4.74 Å². The maximum Gasteiger partial charge on any atom is 0.276 e. The Morgan fingerprint density at radius 1 is 1.38 bits per heavy atom. The molecule has 3 rings (SSSR count). The molecule has 8 nitrogen and oxygen atoms in total. The van der Waals surface area contributed by atoms with Crippen molar-refractivity contribution < 1.29 is 14.6 Å². The number of carbonyl (C=O) groups is 1. The number of likely N-dealkylation sites (N-methyl/N-ethyl adjacent to an activating group) is 1. The molecule has 2 heterocycles. The quantitative estimate of drug-likeness (QED) is 0.698. The van der Waals surface area contributed by atoms with Crippen molar-refractivity contribution in [1.29, 1.82) is 0 Å². The van der Waals surface area contributed by atoms with Crippen LogP contribution in [0.3, 0.4) is 0 Å². The highest BCUT2D eigenvalue weighted by molar-refractivity contribution is 7.99. The number of nitrogens with zero attached hydrogens (tertiary/aromatic N) is 5. The predicted octanol–water partition coefficient (Wildman–Crippen LogP) is 1.74. The number of phenolic OH excluding ortho intramolecular Hbond substituents is 1. The van der Waals surface area contributed by atoms with Gasteiger partial charge in [0.15, 0.2) is 17.2 Å². The number of hydrogen-bond acceptors (Lipinski definition) is 7. The van der Waals surface area contributed by atoms with Crippen LogP contribution in [0.25, 0.3) is 0 Å². The molecule has 158 valence electrons. The first kappa shape index (κ1) is 21.4. The van der Waals surface area contributed by atoms with Crippen LogP contribution in [-0.2, 0) is 13.0 Å². The molecule has 2 aromatic rings. The van der Waals surface area contributed by atoms with E-state index in [0.717, 1.165) is 43.1 Å². The summed E-state index contributed by atoms with van der Waals surface area (Å²) in [7, 11) is 3.62. The molecule has 0 aliphatic carbocycles. The predicted molar refractivity (Wildman–Crippen MR) is 114 cm³/mol. The molecule has 9 heteroatoms. The third-order valence-corrected chi connectivity index (χ3v) is 6.21. The fourth-order valence-electron chi connectivity index (χ4n) is 3.26. The molecule has 1 atom stereocenters. The SMILES string of the molecule is COc1cc(CC(C)N(C)CCn2cc(C(=O)N3CCSCC3)nn2)ccc1O. The van der Waals surface area contributed by atoms with E-state index in [9.17, 15) is 9.90 Å². The molecule has 0 saturated carbocycles. The second kappa shape index (κ2) is 9.98. The van der Waals surface area contributed by atoms with Gasteiger partial charge >= 0.3 is 0 Å². The minimum atomic E-state index is -0.0282. The molecule has 0 radical (unpaired) electrons. The number of rotatable bonds is 8. The lowest BCUT2D eigenvalue weighted by molar-refractivity contribution is 0.0766. The second-order valence-corrected chi connectivity index (χ2v) is 8.54. The van der Waals surface area contributed by atoms with Gasteiger partial charge in [0.05, 0.1) is 19.9 Å². The molecule has 29 heavy (non-hydrogen) atoms. The highest BCUT2D eigenvalue weighted by atomic mass is 32.2. The first-order valence-electron chi connectivity index (χ1n) is 9.81. The van der Waals surface area contributed by atoms with Crippen molar-refractivity contribution in [2.24, 2.45) is 0 Å². The van der Waals surface area contributed by atoms with E-state index >= 15 is 0 Å². The van der Waals surface area contributed by atoms with Crippen LogP contribution in [0.2, 0.25) is 0 Å². The van der Waals surface area contributed by atoms with Crippen LogP contribution in [0, 0.1) is 0 Å². The summed E-state index contributed by atoms with van der Waals surface area (Å²) < 4.78 is 6.92. The molecule has 0 bridgehead atoms. The van der Waals surface area contributed by atoms with Crippen LogP contribution in [0.4, 0.5) is 0 Å². The van der Waals surface area contributed by atoms with Gasteiger partial charge in [-0.1, -0.05) is 11.3 Å². The molecular weight excluding hydrogens is 390 g/mol. The molecule has 1 aromatic carbocycles. The van der Waals surface area contributed by atoms with Crippen molar-refractivity contribution in [2.75, 3.05) is 45.3 Å². The number of aromatic hydroxyl groups is 1. The molecule has 1 saturated heterocycles. The minimum absolute atomic E-state index is 0.0282. The van der Waals surface area contributed by atoms with Crippen molar-refractivity contribution in [3.05, 3.63) is 35.7 Å². The van der Waals surface area contributed by atoms with Crippen molar-refractivity contribution in [2.45, 2.75) is 25.9 Å². The maximum absolute atomic E-state index is 12.5. The second-order valence-electron chi connectivity index (χ2n) is 7.31. The van der Waals surface area contributed by atoms with E-state index in [2.05, 4.69) is 29.2 Å². The van der Waals surface area contributed by atoms with Crippen LogP contribution in [-0.4, -0.2) is 87.1 Å². The number of aromatic nitrogens is 3. The van der Waals surface area contributed by atoms with E-state index < -0.39 is 0 Å². The zero-order valence-corrected chi connectivity index (χ0v) is 18.1. The largest absolute Gasteiger partial charge is 0.504 e. The summed E-state index contributed by atoms with van der Waals surface area (Å²) in [6.07, 6.45) is 2.58. The van der Waals surface area contributed by atoms with E-state index in [1.165, 1.54) is 0 Å². The molecule has 1 unspecified atom stereocenters. The Hall–Kier alpha value is -2.26. The van der Waals surface area contributed by atoms with Crippen molar-refractivity contribution in [3.8, 4) is 11.5 Å². The molecule has 1 aromatic heterocycles. The summed E-state index contributed by atoms with van der Waals surface area (Å²) in [5.74, 6) is 2.58. The number of carbonyl (C=O) groups excluding carboxylic acids is 1. The van der Waals surface area contributed by atoms with Gasteiger partial charge in [0.1, 0.15) is 0 Å². The third-order valence-electron chi connectivity index (χ3n) is 5.27. The van der Waals surface area contributed by atoms with Gasteiger partial charge in [-0.2, -0.15) is 11.8 Å². The number of hydrogen-bond donors (Lipinski definition) is 1. The zero-order valence-electron chi connectivity index (χ0n) is 17.2. The van der Waals surface area contributed by atoms with E-state index in [1.807, 2.05) is 28.8 Å². The van der Waals surface area contributed by atoms with Crippen LogP contribution in [0.5, 0.6) is 11.5 Å². The van der Waals surface area contributed by atoms with Crippen LogP contribution >= 0.6 is 11.8 Å². The molecule has 0 spiro atoms. The Balaban J connectivity index is 1.50. The van der Waals surface area contributed by atoms with Crippen molar-refractivity contribution in [3.63, 3.8) is 0 Å². The molecule has 1 aliphatic heterocycles. The minimum Gasteiger partial charge on any atom is -0.504 e. The topological polar surface area (TPSA) is 83.7 Å². The monoisotopic (exact) mass is 419 g/mol. The van der Waals surface area contributed by atoms with Crippen LogP contribution in [0.1, 0.15) is 23.0 Å². The first-order valence-corrected chi connectivity index (χ1v) is 11.0. The summed E-state index contributed by atoms with van der Waals surface area (Å²) in [5.41, 5.74) is 1.52. The number of thioether (sulfide) groups is 1. The standard InChI is InChI=1S/C20H29N5O3S/c1-15(12-16-4-5-18(26)19(13-16)28-3)23(2)6-7-25-14-17(21-22-25)20(27)24-8-10-29-11-9-24/h4-5,13-15,26H,6-12H2,1-3H3. The summed E-state index contributed by atoms with van der Waals surface area (Å²) in [6, 6.07) is 5.74. The Kier molecular flexibility index (Phi) is 7.38. The number of amides is 1. The van der Waals surface area contributed by atoms with Gasteiger partial charge in [-0.25, -0.2) is 0 Å². The first-order chi connectivity index (χ1) is 14.0. The maximum atomic E-state index is 12.5. The number of benzene rings is 1. The zero-order chi connectivity index (χ0) is 20.8. The number of methoxy groups -OCH3 is 1. The average Bonchev–Trinajstić information content (AvgIpc) is 3.22. The van der Waals surface area contributed by atoms with Gasteiger partial charge in [-0.3, -0.25) is 9.48 Å². The average molecular weight is 420 g/mol. The number of ether oxygens (including phenoxy) is 1. The van der Waals surface area contributed by atoms with Gasteiger partial charge in [0.2, 0.25) is 0 Å². The Labute approximate surface area is 175 Å². The lowest BCUT2D eigenvalue weighted by Gasteiger charge is -2.25. The summed E-state index contributed by atoms with van der Waals surface area (Å²) in [4.78, 5) is 16.6. The Bertz CT molecular complexity index is 822. The van der Waals surface area contributed by atoms with Gasteiger partial charge in [-0.05, 0) is 38.1 Å². The fourth-order valence-corrected chi connectivity index (χ4v) is 4.16. The molecular formula is C20H29N5O3S. The van der Waals surface area contributed by atoms with Crippen LogP contribution < -0.4 is 4.74 Å². The lowest BCUT2D eigenvalue weighted by atomic mass is 10.1. The molecule has 1 amide bonds. The van der Waals surface area contributed by atoms with E-state index in [1.54, 1.807) is 24.1 Å². The Morgan fingerprint density at radius 3 is 2.86 bits per heavy atom.